The molecule has 0 amide bonds. The molecule has 3 nitrogen and oxygen atoms in total. The van der Waals surface area contributed by atoms with Crippen molar-refractivity contribution in [2.24, 2.45) is 0 Å². The number of rotatable bonds is 1. The zero-order valence-electron chi connectivity index (χ0n) is 10.0. The minimum atomic E-state index is -4.31. The van der Waals surface area contributed by atoms with E-state index in [1.165, 1.54) is 12.1 Å². The largest absolute Gasteiger partial charge is 0.416 e. The summed E-state index contributed by atoms with van der Waals surface area (Å²) in [6.07, 6.45) is -1.84. The van der Waals surface area contributed by atoms with Gasteiger partial charge < -0.3 is 10.3 Å². The maximum absolute atomic E-state index is 12.7. The first-order valence-electron chi connectivity index (χ1n) is 6.08. The second-order valence-corrected chi connectivity index (χ2v) is 4.64. The maximum Gasteiger partial charge on any atom is 0.416 e. The molecule has 0 bridgehead atoms. The van der Waals surface area contributed by atoms with Gasteiger partial charge in [0.15, 0.2) is 6.04 Å². The summed E-state index contributed by atoms with van der Waals surface area (Å²) in [6, 6.07) is 5.33. The topological polar surface area (TPSA) is 45.3 Å². The Morgan fingerprint density at radius 2 is 2.16 bits per heavy atom. The van der Waals surface area contributed by atoms with Crippen molar-refractivity contribution in [3.8, 4) is 0 Å². The van der Waals surface area contributed by atoms with E-state index in [0.29, 0.717) is 5.56 Å². The minimum Gasteiger partial charge on any atom is -0.348 e. The van der Waals surface area contributed by atoms with Crippen LogP contribution in [-0.2, 0) is 12.6 Å². The smallest absolute Gasteiger partial charge is 0.348 e. The third kappa shape index (κ3) is 2.23. The third-order valence-electron chi connectivity index (χ3n) is 3.42. The van der Waals surface area contributed by atoms with E-state index in [1.807, 2.05) is 5.32 Å². The maximum atomic E-state index is 12.7. The van der Waals surface area contributed by atoms with Crippen molar-refractivity contribution in [2.45, 2.75) is 18.6 Å². The number of halogens is 3. The van der Waals surface area contributed by atoms with Crippen LogP contribution in [0.3, 0.4) is 0 Å². The van der Waals surface area contributed by atoms with Crippen molar-refractivity contribution >= 4 is 0 Å². The molecule has 0 spiro atoms. The summed E-state index contributed by atoms with van der Waals surface area (Å²) >= 11 is 0. The summed E-state index contributed by atoms with van der Waals surface area (Å²) in [5.74, 6) is 0. The van der Waals surface area contributed by atoms with E-state index in [4.69, 9.17) is 0 Å². The predicted molar refractivity (Wildman–Crippen MR) is 62.4 cm³/mol. The van der Waals surface area contributed by atoms with Crippen LogP contribution < -0.4 is 5.32 Å². The normalized spacial score (nSPS) is 19.2. The molecular weight excluding hydrogens is 255 g/mol. The molecule has 1 aliphatic rings. The molecule has 1 aliphatic heterocycles. The van der Waals surface area contributed by atoms with Gasteiger partial charge >= 0.3 is 6.18 Å². The summed E-state index contributed by atoms with van der Waals surface area (Å²) < 4.78 is 38.2. The lowest BCUT2D eigenvalue weighted by Gasteiger charge is -2.20. The van der Waals surface area contributed by atoms with Crippen molar-refractivity contribution in [2.75, 3.05) is 6.54 Å². The minimum absolute atomic E-state index is 0.155. The molecule has 0 aliphatic carbocycles. The predicted octanol–water partition coefficient (Wildman–Crippen LogP) is 1.64. The van der Waals surface area contributed by atoms with Gasteiger partial charge in [0.1, 0.15) is 5.69 Å². The summed E-state index contributed by atoms with van der Waals surface area (Å²) in [4.78, 5) is 7.29. The van der Waals surface area contributed by atoms with Crippen LogP contribution in [0.1, 0.15) is 28.6 Å². The molecule has 3 N–H and O–H groups in total. The Labute approximate surface area is 107 Å². The number of hydrogen-bond donors (Lipinski definition) is 2. The second-order valence-electron chi connectivity index (χ2n) is 4.64. The van der Waals surface area contributed by atoms with Gasteiger partial charge in [-0.3, -0.25) is 0 Å². The number of nitrogens with one attached hydrogen (secondary N) is 1. The molecule has 19 heavy (non-hydrogen) atoms. The molecule has 3 rings (SSSR count). The van der Waals surface area contributed by atoms with E-state index in [0.717, 1.165) is 30.4 Å². The van der Waals surface area contributed by atoms with E-state index in [2.05, 4.69) is 9.97 Å². The lowest BCUT2D eigenvalue weighted by molar-refractivity contribution is -0.690. The fourth-order valence-corrected chi connectivity index (χ4v) is 2.51. The highest BCUT2D eigenvalue weighted by Gasteiger charge is 2.33. The number of aromatic amines is 1. The molecule has 2 aromatic rings. The molecule has 0 radical (unpaired) electrons. The van der Waals surface area contributed by atoms with Crippen molar-refractivity contribution in [1.82, 2.24) is 9.97 Å². The standard InChI is InChI=1S/C13H12F3N3/c14-13(15,16)9-3-1-2-8(6-9)11-12-10(4-5-17-11)18-7-19-12/h1-3,6-7,11,17H,4-5H2,(H,18,19)/p+1/t11-/m1/s1. The number of benzene rings is 1. The number of nitrogens with zero attached hydrogens (tertiary/aromatic N) is 1. The van der Waals surface area contributed by atoms with Crippen molar-refractivity contribution in [1.29, 1.82) is 0 Å². The number of aromatic nitrogens is 2. The second kappa shape index (κ2) is 4.38. The highest BCUT2D eigenvalue weighted by molar-refractivity contribution is 5.33. The van der Waals surface area contributed by atoms with Crippen LogP contribution in [0.25, 0.3) is 0 Å². The van der Waals surface area contributed by atoms with Gasteiger partial charge in [0, 0.05) is 17.7 Å². The monoisotopic (exact) mass is 268 g/mol. The number of H-pyrrole nitrogens is 1. The lowest BCUT2D eigenvalue weighted by Crippen LogP contribution is -2.87. The van der Waals surface area contributed by atoms with Crippen LogP contribution in [0, 0.1) is 0 Å². The summed E-state index contributed by atoms with van der Waals surface area (Å²) in [5, 5.41) is 2.03. The average Bonchev–Trinajstić information content (AvgIpc) is 2.86. The lowest BCUT2D eigenvalue weighted by atomic mass is 9.96. The average molecular weight is 268 g/mol. The Kier molecular flexibility index (Phi) is 2.82. The zero-order chi connectivity index (χ0) is 13.5. The Morgan fingerprint density at radius 3 is 2.95 bits per heavy atom. The van der Waals surface area contributed by atoms with Crippen LogP contribution in [0.5, 0.6) is 0 Å². The zero-order valence-corrected chi connectivity index (χ0v) is 10.0. The van der Waals surface area contributed by atoms with Gasteiger partial charge in [-0.2, -0.15) is 13.2 Å². The van der Waals surface area contributed by atoms with Gasteiger partial charge in [-0.25, -0.2) is 4.98 Å². The van der Waals surface area contributed by atoms with Gasteiger partial charge in [-0.1, -0.05) is 12.1 Å². The molecule has 1 aromatic carbocycles. The third-order valence-corrected chi connectivity index (χ3v) is 3.42. The SMILES string of the molecule is FC(F)(F)c1cccc([C@H]2[NH2+]CCc3[nH]cnc32)c1. The fourth-order valence-electron chi connectivity index (χ4n) is 2.51. The number of nitrogens with two attached hydrogens (primary N) is 1. The van der Waals surface area contributed by atoms with E-state index >= 15 is 0 Å². The summed E-state index contributed by atoms with van der Waals surface area (Å²) in [5.41, 5.74) is 1.89. The highest BCUT2D eigenvalue weighted by atomic mass is 19.4. The highest BCUT2D eigenvalue weighted by Crippen LogP contribution is 2.31. The van der Waals surface area contributed by atoms with Crippen molar-refractivity contribution in [3.63, 3.8) is 0 Å². The summed E-state index contributed by atoms with van der Waals surface area (Å²) in [7, 11) is 0. The number of alkyl halides is 3. The number of fused-ring (bicyclic) bond motifs is 1. The van der Waals surface area contributed by atoms with E-state index in [-0.39, 0.29) is 6.04 Å². The van der Waals surface area contributed by atoms with Gasteiger partial charge in [0.2, 0.25) is 0 Å². The van der Waals surface area contributed by atoms with Gasteiger partial charge in [0.25, 0.3) is 0 Å². The van der Waals surface area contributed by atoms with E-state index in [9.17, 15) is 13.2 Å². The first-order valence-corrected chi connectivity index (χ1v) is 6.08. The van der Waals surface area contributed by atoms with Gasteiger partial charge in [0.05, 0.1) is 18.4 Å². The van der Waals surface area contributed by atoms with Crippen LogP contribution >= 0.6 is 0 Å². The first-order chi connectivity index (χ1) is 9.05. The molecule has 0 unspecified atom stereocenters. The number of imidazole rings is 1. The molecule has 100 valence electrons. The van der Waals surface area contributed by atoms with Crippen LogP contribution in [0.2, 0.25) is 0 Å². The van der Waals surface area contributed by atoms with E-state index < -0.39 is 11.7 Å². The molecule has 0 saturated heterocycles. The molecule has 1 aromatic heterocycles. The Hall–Kier alpha value is -1.82. The molecule has 0 saturated carbocycles. The Bertz CT molecular complexity index is 589. The van der Waals surface area contributed by atoms with Gasteiger partial charge in [-0.15, -0.1) is 0 Å². The fraction of sp³-hybridized carbons (Fsp3) is 0.308. The summed E-state index contributed by atoms with van der Waals surface area (Å²) in [6.45, 7) is 0.843. The van der Waals surface area contributed by atoms with Crippen LogP contribution in [0.4, 0.5) is 13.2 Å². The van der Waals surface area contributed by atoms with Gasteiger partial charge in [-0.05, 0) is 12.1 Å². The van der Waals surface area contributed by atoms with Crippen molar-refractivity contribution in [3.05, 3.63) is 53.1 Å². The van der Waals surface area contributed by atoms with Crippen molar-refractivity contribution < 1.29 is 18.5 Å². The Morgan fingerprint density at radius 1 is 1.32 bits per heavy atom. The van der Waals surface area contributed by atoms with Crippen LogP contribution in [-0.4, -0.2) is 16.5 Å². The first kappa shape index (κ1) is 12.2. The molecule has 1 atom stereocenters. The molecular formula is C13H13F3N3+. The molecule has 6 heteroatoms. The van der Waals surface area contributed by atoms with Crippen LogP contribution in [0.15, 0.2) is 30.6 Å². The number of quaternary nitrogens is 1. The molecule has 2 heterocycles. The molecule has 0 fully saturated rings. The number of hydrogen-bond acceptors (Lipinski definition) is 1. The Balaban J connectivity index is 2.01. The van der Waals surface area contributed by atoms with E-state index in [1.54, 1.807) is 12.4 Å². The quantitative estimate of drug-likeness (QED) is 0.811.